The number of rotatable bonds is 4. The summed E-state index contributed by atoms with van der Waals surface area (Å²) in [7, 11) is 0. The third kappa shape index (κ3) is 3.07. The monoisotopic (exact) mass is 425 g/mol. The van der Waals surface area contributed by atoms with Crippen molar-refractivity contribution in [3.8, 4) is 34.0 Å². The highest BCUT2D eigenvalue weighted by atomic mass is 19.1. The average Bonchev–Trinajstić information content (AvgIpc) is 3.46. The number of aromatic nitrogens is 3. The summed E-state index contributed by atoms with van der Waals surface area (Å²) in [6.07, 6.45) is 3.06. The molecule has 0 N–H and O–H groups in total. The van der Waals surface area contributed by atoms with Gasteiger partial charge in [-0.1, -0.05) is 43.3 Å². The lowest BCUT2D eigenvalue weighted by atomic mass is 10.00. The van der Waals surface area contributed by atoms with Crippen LogP contribution in [0.15, 0.2) is 66.9 Å². The van der Waals surface area contributed by atoms with Crippen LogP contribution in [-0.4, -0.2) is 21.6 Å². The fourth-order valence-electron chi connectivity index (χ4n) is 4.25. The van der Waals surface area contributed by atoms with Crippen LogP contribution in [-0.2, 0) is 13.0 Å². The lowest BCUT2D eigenvalue weighted by Gasteiger charge is -2.16. The fourth-order valence-corrected chi connectivity index (χ4v) is 4.25. The minimum atomic E-state index is -0.246. The zero-order valence-electron chi connectivity index (χ0n) is 17.5. The summed E-state index contributed by atoms with van der Waals surface area (Å²) in [6.45, 7) is 2.92. The van der Waals surface area contributed by atoms with Gasteiger partial charge in [0.2, 0.25) is 6.79 Å². The normalized spacial score (nSPS) is 12.7. The second kappa shape index (κ2) is 7.34. The molecule has 3 aromatic carbocycles. The van der Waals surface area contributed by atoms with Crippen molar-refractivity contribution in [1.82, 2.24) is 14.8 Å². The SMILES string of the molecule is CCc1ccc(-c2nnc3c4cc5c(cc4n(Cc4ccc(F)cc4)cc2-3)OCO5)cc1. The lowest BCUT2D eigenvalue weighted by molar-refractivity contribution is 0.174. The van der Waals surface area contributed by atoms with Crippen molar-refractivity contribution in [2.45, 2.75) is 19.9 Å². The summed E-state index contributed by atoms with van der Waals surface area (Å²) >= 11 is 0. The van der Waals surface area contributed by atoms with Gasteiger partial charge < -0.3 is 14.0 Å². The number of aryl methyl sites for hydroxylation is 1. The van der Waals surface area contributed by atoms with Gasteiger partial charge in [0.1, 0.15) is 17.2 Å². The Hall–Kier alpha value is -3.93. The summed E-state index contributed by atoms with van der Waals surface area (Å²) in [6, 6.07) is 19.0. The van der Waals surface area contributed by atoms with Crippen molar-refractivity contribution in [2.24, 2.45) is 0 Å². The van der Waals surface area contributed by atoms with Crippen molar-refractivity contribution in [1.29, 1.82) is 0 Å². The Kier molecular flexibility index (Phi) is 4.31. The van der Waals surface area contributed by atoms with Crippen LogP contribution in [0.1, 0.15) is 18.1 Å². The van der Waals surface area contributed by atoms with Crippen LogP contribution in [0.2, 0.25) is 0 Å². The van der Waals surface area contributed by atoms with E-state index in [0.717, 1.165) is 45.4 Å². The lowest BCUT2D eigenvalue weighted by Crippen LogP contribution is -2.04. The van der Waals surface area contributed by atoms with E-state index in [1.165, 1.54) is 17.7 Å². The van der Waals surface area contributed by atoms with Gasteiger partial charge in [0.15, 0.2) is 11.5 Å². The molecule has 6 rings (SSSR count). The van der Waals surface area contributed by atoms with Crippen molar-refractivity contribution in [2.75, 3.05) is 6.79 Å². The van der Waals surface area contributed by atoms with E-state index in [1.807, 2.05) is 12.1 Å². The summed E-state index contributed by atoms with van der Waals surface area (Å²) in [5.74, 6) is 1.17. The number of halogens is 1. The van der Waals surface area contributed by atoms with Gasteiger partial charge in [0.25, 0.3) is 0 Å². The summed E-state index contributed by atoms with van der Waals surface area (Å²) < 4.78 is 26.8. The van der Waals surface area contributed by atoms with Crippen LogP contribution < -0.4 is 9.47 Å². The van der Waals surface area contributed by atoms with E-state index in [0.29, 0.717) is 18.0 Å². The first-order valence-corrected chi connectivity index (χ1v) is 10.6. The molecular weight excluding hydrogens is 405 g/mol. The van der Waals surface area contributed by atoms with Crippen molar-refractivity contribution >= 4 is 10.9 Å². The predicted octanol–water partition coefficient (Wildman–Crippen LogP) is 5.68. The quantitative estimate of drug-likeness (QED) is 0.372. The van der Waals surface area contributed by atoms with Crippen LogP contribution >= 0.6 is 0 Å². The molecule has 0 amide bonds. The van der Waals surface area contributed by atoms with E-state index in [-0.39, 0.29) is 12.6 Å². The number of pyridine rings is 1. The molecule has 5 nitrogen and oxygen atoms in total. The van der Waals surface area contributed by atoms with Crippen molar-refractivity contribution in [3.05, 3.63) is 83.8 Å². The second-order valence-corrected chi connectivity index (χ2v) is 7.97. The molecule has 0 bridgehead atoms. The van der Waals surface area contributed by atoms with Crippen molar-refractivity contribution in [3.63, 3.8) is 0 Å². The summed E-state index contributed by atoms with van der Waals surface area (Å²) in [5.41, 5.74) is 6.89. The zero-order valence-corrected chi connectivity index (χ0v) is 17.5. The van der Waals surface area contributed by atoms with Crippen LogP contribution in [0.5, 0.6) is 11.5 Å². The van der Waals surface area contributed by atoms with E-state index < -0.39 is 0 Å². The summed E-state index contributed by atoms with van der Waals surface area (Å²) in [5, 5.41) is 10.0. The van der Waals surface area contributed by atoms with Gasteiger partial charge in [0, 0.05) is 35.3 Å². The molecule has 0 fully saturated rings. The van der Waals surface area contributed by atoms with Gasteiger partial charge in [-0.05, 0) is 35.7 Å². The Balaban J connectivity index is 1.56. The molecule has 32 heavy (non-hydrogen) atoms. The Morgan fingerprint density at radius 3 is 2.31 bits per heavy atom. The minimum absolute atomic E-state index is 0.203. The maximum absolute atomic E-state index is 13.4. The molecular formula is C26H20FN3O2. The van der Waals surface area contributed by atoms with Crippen LogP contribution in [0.25, 0.3) is 33.4 Å². The number of ether oxygens (including phenoxy) is 2. The van der Waals surface area contributed by atoms with E-state index in [2.05, 4.69) is 52.2 Å². The number of hydrogen-bond donors (Lipinski definition) is 0. The maximum Gasteiger partial charge on any atom is 0.231 e. The molecule has 3 aromatic rings. The third-order valence-electron chi connectivity index (χ3n) is 6.00. The van der Waals surface area contributed by atoms with Crippen molar-refractivity contribution < 1.29 is 13.9 Å². The van der Waals surface area contributed by atoms with Crippen LogP contribution in [0.4, 0.5) is 4.39 Å². The molecule has 3 aliphatic heterocycles. The number of hydrogen-bond acceptors (Lipinski definition) is 4. The number of fused-ring (bicyclic) bond motifs is 4. The number of nitrogens with zero attached hydrogens (tertiary/aromatic N) is 3. The molecule has 0 saturated carbocycles. The number of benzene rings is 3. The maximum atomic E-state index is 13.4. The first-order valence-electron chi connectivity index (χ1n) is 10.6. The Bertz CT molecular complexity index is 1410. The molecule has 3 heterocycles. The molecule has 158 valence electrons. The first-order chi connectivity index (χ1) is 15.7. The summed E-state index contributed by atoms with van der Waals surface area (Å²) in [4.78, 5) is 0. The highest BCUT2D eigenvalue weighted by Crippen LogP contribution is 2.42. The zero-order chi connectivity index (χ0) is 21.7. The van der Waals surface area contributed by atoms with E-state index >= 15 is 0 Å². The Morgan fingerprint density at radius 2 is 1.56 bits per heavy atom. The highest BCUT2D eigenvalue weighted by molar-refractivity contribution is 5.99. The van der Waals surface area contributed by atoms with Gasteiger partial charge in [0.05, 0.1) is 5.52 Å². The van der Waals surface area contributed by atoms with E-state index in [9.17, 15) is 4.39 Å². The second-order valence-electron chi connectivity index (χ2n) is 7.97. The molecule has 0 radical (unpaired) electrons. The van der Waals surface area contributed by atoms with Gasteiger partial charge >= 0.3 is 0 Å². The Morgan fingerprint density at radius 1 is 0.875 bits per heavy atom. The molecule has 0 unspecified atom stereocenters. The topological polar surface area (TPSA) is 49.2 Å². The molecule has 3 aliphatic rings. The Labute approximate surface area is 184 Å². The molecule has 0 saturated heterocycles. The highest BCUT2D eigenvalue weighted by Gasteiger charge is 2.24. The van der Waals surface area contributed by atoms with Gasteiger partial charge in [-0.2, -0.15) is 0 Å². The van der Waals surface area contributed by atoms with E-state index in [4.69, 9.17) is 9.47 Å². The first kappa shape index (κ1) is 18.8. The molecule has 0 aliphatic carbocycles. The van der Waals surface area contributed by atoms with Crippen LogP contribution in [0.3, 0.4) is 0 Å². The average molecular weight is 425 g/mol. The smallest absolute Gasteiger partial charge is 0.231 e. The largest absolute Gasteiger partial charge is 0.454 e. The van der Waals surface area contributed by atoms with Gasteiger partial charge in [-0.3, -0.25) is 0 Å². The van der Waals surface area contributed by atoms with Gasteiger partial charge in [-0.25, -0.2) is 4.39 Å². The van der Waals surface area contributed by atoms with Gasteiger partial charge in [-0.15, -0.1) is 10.2 Å². The third-order valence-corrected chi connectivity index (χ3v) is 6.00. The molecule has 0 aromatic heterocycles. The molecule has 0 atom stereocenters. The molecule has 0 spiro atoms. The standard InChI is InChI=1S/C26H20FN3O2/c1-2-16-3-7-18(8-4-16)25-21-14-30(13-17-5-9-19(27)10-6-17)22-12-24-23(31-15-32-24)11-20(22)26(21)29-28-25/h3-12,14H,2,13,15H2,1H3. The fraction of sp³-hybridized carbons (Fsp3) is 0.154. The van der Waals surface area contributed by atoms with E-state index in [1.54, 1.807) is 12.1 Å². The predicted molar refractivity (Wildman–Crippen MR) is 121 cm³/mol. The van der Waals surface area contributed by atoms with Crippen LogP contribution in [0, 0.1) is 5.82 Å². The minimum Gasteiger partial charge on any atom is -0.454 e. The molecule has 6 heteroatoms.